The summed E-state index contributed by atoms with van der Waals surface area (Å²) >= 11 is 0. The predicted molar refractivity (Wildman–Crippen MR) is 55.0 cm³/mol. The van der Waals surface area contributed by atoms with Crippen molar-refractivity contribution in [3.8, 4) is 0 Å². The van der Waals surface area contributed by atoms with Crippen molar-refractivity contribution in [2.24, 2.45) is 5.41 Å². The Hall–Kier alpha value is -1.25. The van der Waals surface area contributed by atoms with Crippen LogP contribution in [0.4, 0.5) is 15.8 Å². The molecule has 0 unspecified atom stereocenters. The lowest BCUT2D eigenvalue weighted by molar-refractivity contribution is 0.581. The van der Waals surface area contributed by atoms with Crippen LogP contribution in [0.3, 0.4) is 0 Å². The smallest absolute Gasteiger partial charge is 0.125 e. The van der Waals surface area contributed by atoms with Crippen LogP contribution in [0.2, 0.25) is 0 Å². The molecular weight excluding hydrogens is 179 g/mol. The third-order valence-electron chi connectivity index (χ3n) is 3.25. The minimum absolute atomic E-state index is 0.176. The molecule has 0 atom stereocenters. The van der Waals surface area contributed by atoms with Gasteiger partial charge in [0.15, 0.2) is 0 Å². The molecule has 1 spiro atoms. The molecule has 1 fully saturated rings. The van der Waals surface area contributed by atoms with Crippen LogP contribution in [0.1, 0.15) is 12.8 Å². The summed E-state index contributed by atoms with van der Waals surface area (Å²) in [5.74, 6) is -0.176. The van der Waals surface area contributed by atoms with Crippen molar-refractivity contribution in [3.63, 3.8) is 0 Å². The summed E-state index contributed by atoms with van der Waals surface area (Å²) in [6.45, 7) is 1.98. The van der Waals surface area contributed by atoms with E-state index in [-0.39, 0.29) is 5.82 Å². The highest BCUT2D eigenvalue weighted by Gasteiger charge is 2.43. The van der Waals surface area contributed by atoms with Gasteiger partial charge in [0, 0.05) is 18.5 Å². The maximum absolute atomic E-state index is 13.0. The second kappa shape index (κ2) is 2.62. The third-order valence-corrected chi connectivity index (χ3v) is 3.25. The molecule has 0 saturated heterocycles. The van der Waals surface area contributed by atoms with E-state index < -0.39 is 0 Å². The van der Waals surface area contributed by atoms with Gasteiger partial charge in [0.25, 0.3) is 0 Å². The van der Waals surface area contributed by atoms with Gasteiger partial charge in [-0.15, -0.1) is 0 Å². The summed E-state index contributed by atoms with van der Waals surface area (Å²) in [4.78, 5) is 0. The number of benzene rings is 1. The normalized spacial score (nSPS) is 21.8. The lowest BCUT2D eigenvalue weighted by Crippen LogP contribution is -2.19. The second-order valence-electron chi connectivity index (χ2n) is 4.40. The Morgan fingerprint density at radius 3 is 2.50 bits per heavy atom. The molecule has 1 aliphatic heterocycles. The summed E-state index contributed by atoms with van der Waals surface area (Å²) in [5.41, 5.74) is 2.36. The van der Waals surface area contributed by atoms with Gasteiger partial charge in [-0.05, 0) is 31.0 Å². The summed E-state index contributed by atoms with van der Waals surface area (Å²) < 4.78 is 13.0. The first-order valence-electron chi connectivity index (χ1n) is 5.05. The van der Waals surface area contributed by atoms with Gasteiger partial charge in [-0.25, -0.2) is 4.39 Å². The molecule has 2 aliphatic rings. The van der Waals surface area contributed by atoms with Crippen LogP contribution in [0, 0.1) is 11.2 Å². The Kier molecular flexibility index (Phi) is 1.52. The van der Waals surface area contributed by atoms with Crippen LogP contribution >= 0.6 is 0 Å². The van der Waals surface area contributed by atoms with Crippen molar-refractivity contribution in [2.45, 2.75) is 12.8 Å². The molecule has 74 valence electrons. The Balaban J connectivity index is 1.93. The second-order valence-corrected chi connectivity index (χ2v) is 4.40. The minimum atomic E-state index is -0.176. The van der Waals surface area contributed by atoms with E-state index in [0.29, 0.717) is 5.41 Å². The van der Waals surface area contributed by atoms with Crippen molar-refractivity contribution in [3.05, 3.63) is 24.0 Å². The zero-order chi connectivity index (χ0) is 9.60. The fourth-order valence-electron chi connectivity index (χ4n) is 1.98. The van der Waals surface area contributed by atoms with E-state index in [0.717, 1.165) is 24.5 Å². The minimum Gasteiger partial charge on any atom is -0.383 e. The molecule has 0 bridgehead atoms. The highest BCUT2D eigenvalue weighted by atomic mass is 19.1. The van der Waals surface area contributed by atoms with Gasteiger partial charge in [-0.1, -0.05) is 0 Å². The van der Waals surface area contributed by atoms with Crippen LogP contribution < -0.4 is 10.6 Å². The fourth-order valence-corrected chi connectivity index (χ4v) is 1.98. The number of halogens is 1. The van der Waals surface area contributed by atoms with Gasteiger partial charge in [0.1, 0.15) is 5.82 Å². The van der Waals surface area contributed by atoms with Gasteiger partial charge in [0.05, 0.1) is 11.4 Å². The SMILES string of the molecule is Fc1ccc2c(c1)NCC1(CC1)CN2. The van der Waals surface area contributed by atoms with Crippen LogP contribution in [0.15, 0.2) is 18.2 Å². The van der Waals surface area contributed by atoms with E-state index in [1.807, 2.05) is 0 Å². The van der Waals surface area contributed by atoms with E-state index in [2.05, 4.69) is 10.6 Å². The van der Waals surface area contributed by atoms with Crippen molar-refractivity contribution in [1.82, 2.24) is 0 Å². The Bertz CT molecular complexity index is 372. The number of hydrogen-bond acceptors (Lipinski definition) is 2. The standard InChI is InChI=1S/C11H13FN2/c12-8-1-2-9-10(5-8)14-7-11(3-4-11)6-13-9/h1-2,5,13-14H,3-4,6-7H2. The van der Waals surface area contributed by atoms with Gasteiger partial charge in [-0.3, -0.25) is 0 Å². The molecule has 3 rings (SSSR count). The average Bonchev–Trinajstić information content (AvgIpc) is 2.96. The van der Waals surface area contributed by atoms with Gasteiger partial charge < -0.3 is 10.6 Å². The summed E-state index contributed by atoms with van der Waals surface area (Å²) in [7, 11) is 0. The van der Waals surface area contributed by atoms with Crippen molar-refractivity contribution in [1.29, 1.82) is 0 Å². The van der Waals surface area contributed by atoms with Crippen LogP contribution in [0.25, 0.3) is 0 Å². The fraction of sp³-hybridized carbons (Fsp3) is 0.455. The molecule has 0 radical (unpaired) electrons. The lowest BCUT2D eigenvalue weighted by Gasteiger charge is -2.10. The first-order valence-corrected chi connectivity index (χ1v) is 5.05. The number of rotatable bonds is 0. The quantitative estimate of drug-likeness (QED) is 0.659. The van der Waals surface area contributed by atoms with Crippen molar-refractivity contribution >= 4 is 11.4 Å². The van der Waals surface area contributed by atoms with Gasteiger partial charge in [0.2, 0.25) is 0 Å². The molecule has 1 saturated carbocycles. The topological polar surface area (TPSA) is 24.1 Å². The molecule has 2 N–H and O–H groups in total. The van der Waals surface area contributed by atoms with Gasteiger partial charge >= 0.3 is 0 Å². The van der Waals surface area contributed by atoms with Crippen LogP contribution in [-0.4, -0.2) is 13.1 Å². The highest BCUT2D eigenvalue weighted by molar-refractivity contribution is 5.70. The van der Waals surface area contributed by atoms with Crippen LogP contribution in [-0.2, 0) is 0 Å². The molecule has 1 aromatic carbocycles. The largest absolute Gasteiger partial charge is 0.383 e. The summed E-state index contributed by atoms with van der Waals surface area (Å²) in [6.07, 6.45) is 2.56. The molecular formula is C11H13FN2. The molecule has 2 nitrogen and oxygen atoms in total. The maximum atomic E-state index is 13.0. The van der Waals surface area contributed by atoms with E-state index >= 15 is 0 Å². The molecule has 3 heteroatoms. The van der Waals surface area contributed by atoms with Gasteiger partial charge in [-0.2, -0.15) is 0 Å². The summed E-state index contributed by atoms with van der Waals surface area (Å²) in [5, 5.41) is 6.69. The number of nitrogens with one attached hydrogen (secondary N) is 2. The molecule has 0 amide bonds. The number of hydrogen-bond donors (Lipinski definition) is 2. The Morgan fingerprint density at radius 1 is 1.07 bits per heavy atom. The zero-order valence-electron chi connectivity index (χ0n) is 7.94. The third kappa shape index (κ3) is 1.24. The predicted octanol–water partition coefficient (Wildman–Crippen LogP) is 2.44. The van der Waals surface area contributed by atoms with Crippen LogP contribution in [0.5, 0.6) is 0 Å². The van der Waals surface area contributed by atoms with E-state index in [4.69, 9.17) is 0 Å². The van der Waals surface area contributed by atoms with Crippen molar-refractivity contribution < 1.29 is 4.39 Å². The Labute approximate surface area is 82.5 Å². The maximum Gasteiger partial charge on any atom is 0.125 e. The lowest BCUT2D eigenvalue weighted by atomic mass is 10.1. The van der Waals surface area contributed by atoms with E-state index in [9.17, 15) is 4.39 Å². The number of fused-ring (bicyclic) bond motifs is 1. The zero-order valence-corrected chi connectivity index (χ0v) is 7.94. The monoisotopic (exact) mass is 192 g/mol. The number of anilines is 2. The first-order chi connectivity index (χ1) is 6.77. The average molecular weight is 192 g/mol. The Morgan fingerprint density at radius 2 is 1.79 bits per heavy atom. The molecule has 1 aliphatic carbocycles. The molecule has 14 heavy (non-hydrogen) atoms. The van der Waals surface area contributed by atoms with E-state index in [1.54, 1.807) is 12.1 Å². The van der Waals surface area contributed by atoms with E-state index in [1.165, 1.54) is 18.9 Å². The molecule has 0 aromatic heterocycles. The summed E-state index contributed by atoms with van der Waals surface area (Å²) in [6, 6.07) is 4.86. The molecule has 1 heterocycles. The first kappa shape index (κ1) is 8.09. The van der Waals surface area contributed by atoms with Crippen molar-refractivity contribution in [2.75, 3.05) is 23.7 Å². The molecule has 1 aromatic rings. The highest BCUT2D eigenvalue weighted by Crippen LogP contribution is 2.47.